The predicted molar refractivity (Wildman–Crippen MR) is 89.9 cm³/mol. The Morgan fingerprint density at radius 3 is 1.30 bits per heavy atom. The molecular formula is C8H12N6O2S4. The molecule has 0 bridgehead atoms. The lowest BCUT2D eigenvalue weighted by Crippen LogP contribution is -2.45. The lowest BCUT2D eigenvalue weighted by Gasteiger charge is -2.20. The van der Waals surface area contributed by atoms with Crippen molar-refractivity contribution in [1.82, 2.24) is 9.80 Å². The van der Waals surface area contributed by atoms with Crippen LogP contribution in [0.5, 0.6) is 0 Å². The Bertz CT molecular complexity index is 421. The number of thiol groups is 2. The van der Waals surface area contributed by atoms with Gasteiger partial charge in [0.25, 0.3) is 0 Å². The first-order valence-electron chi connectivity index (χ1n) is 4.89. The molecule has 0 heterocycles. The van der Waals surface area contributed by atoms with Gasteiger partial charge >= 0.3 is 0 Å². The number of carbonyl (C=O) groups excluding carboxylic acids is 2. The quantitative estimate of drug-likeness (QED) is 0.177. The molecule has 0 atom stereocenters. The standard InChI is InChI=1S/C8H12N6O2S4/c9-5(10)13(7(17)18)3(15)1-2-4(16)14(6(11)12)8(19)20/h1-2H2,(H3,9,10)(H3,11,12)(H,17,18)(H,19,20). The summed E-state index contributed by atoms with van der Waals surface area (Å²) in [6.07, 6.45) is -0.613. The van der Waals surface area contributed by atoms with Crippen molar-refractivity contribution in [3.8, 4) is 0 Å². The van der Waals surface area contributed by atoms with Crippen LogP contribution in [0.25, 0.3) is 0 Å². The van der Waals surface area contributed by atoms with E-state index >= 15 is 0 Å². The van der Waals surface area contributed by atoms with Gasteiger partial charge < -0.3 is 11.5 Å². The van der Waals surface area contributed by atoms with E-state index in [1.165, 1.54) is 0 Å². The SMILES string of the molecule is N=C(N)N(C(=O)CCC(=O)N(C(=N)N)C(=S)S)C(=S)S. The first-order chi connectivity index (χ1) is 9.09. The van der Waals surface area contributed by atoms with Gasteiger partial charge in [0, 0.05) is 12.8 Å². The minimum atomic E-state index is -0.681. The van der Waals surface area contributed by atoms with Crippen molar-refractivity contribution < 1.29 is 9.59 Å². The number of guanidine groups is 2. The van der Waals surface area contributed by atoms with Crippen LogP contribution in [0.2, 0.25) is 0 Å². The molecule has 20 heavy (non-hydrogen) atoms. The van der Waals surface area contributed by atoms with Gasteiger partial charge in [0.1, 0.15) is 8.64 Å². The van der Waals surface area contributed by atoms with E-state index < -0.39 is 23.7 Å². The summed E-state index contributed by atoms with van der Waals surface area (Å²) in [7, 11) is 0. The first kappa shape index (κ1) is 18.8. The lowest BCUT2D eigenvalue weighted by molar-refractivity contribution is -0.130. The summed E-state index contributed by atoms with van der Waals surface area (Å²) in [5.41, 5.74) is 10.3. The summed E-state index contributed by atoms with van der Waals surface area (Å²) in [6, 6.07) is 0. The molecule has 0 radical (unpaired) electrons. The zero-order chi connectivity index (χ0) is 16.0. The Labute approximate surface area is 136 Å². The number of nitrogens with two attached hydrogens (primary N) is 2. The summed E-state index contributed by atoms with van der Waals surface area (Å²) in [5, 5.41) is 14.4. The molecule has 0 unspecified atom stereocenters. The molecule has 6 N–H and O–H groups in total. The maximum atomic E-state index is 11.8. The highest BCUT2D eigenvalue weighted by molar-refractivity contribution is 8.11. The van der Waals surface area contributed by atoms with E-state index in [-0.39, 0.29) is 21.5 Å². The number of hydrogen-bond acceptors (Lipinski definition) is 6. The van der Waals surface area contributed by atoms with E-state index in [9.17, 15) is 9.59 Å². The fraction of sp³-hybridized carbons (Fsp3) is 0.250. The second-order valence-corrected chi connectivity index (χ2v) is 5.52. The molecule has 0 aliphatic carbocycles. The Hall–Kier alpha value is -1.24. The lowest BCUT2D eigenvalue weighted by atomic mass is 10.2. The minimum Gasteiger partial charge on any atom is -0.369 e. The number of hydrogen-bond donors (Lipinski definition) is 6. The van der Waals surface area contributed by atoms with Gasteiger partial charge in [-0.25, -0.2) is 9.80 Å². The van der Waals surface area contributed by atoms with Crippen LogP contribution in [0.1, 0.15) is 12.8 Å². The normalized spacial score (nSPS) is 9.50. The van der Waals surface area contributed by atoms with Crippen molar-refractivity contribution in [2.75, 3.05) is 0 Å². The number of carbonyl (C=O) groups is 2. The molecular weight excluding hydrogens is 340 g/mol. The molecule has 0 fully saturated rings. The molecule has 2 amide bonds. The van der Waals surface area contributed by atoms with Crippen molar-refractivity contribution in [2.45, 2.75) is 12.8 Å². The third kappa shape index (κ3) is 5.40. The van der Waals surface area contributed by atoms with Crippen molar-refractivity contribution in [2.24, 2.45) is 11.5 Å². The van der Waals surface area contributed by atoms with Crippen LogP contribution in [-0.2, 0) is 9.59 Å². The molecule has 0 aromatic heterocycles. The predicted octanol–water partition coefficient (Wildman–Crippen LogP) is -0.360. The Balaban J connectivity index is 4.77. The molecule has 110 valence electrons. The fourth-order valence-corrected chi connectivity index (χ4v) is 1.96. The average Bonchev–Trinajstić information content (AvgIpc) is 2.23. The Morgan fingerprint density at radius 2 is 1.15 bits per heavy atom. The van der Waals surface area contributed by atoms with Gasteiger partial charge in [0.15, 0.2) is 0 Å². The van der Waals surface area contributed by atoms with Crippen LogP contribution in [-0.4, -0.2) is 42.2 Å². The summed E-state index contributed by atoms with van der Waals surface area (Å²) in [4.78, 5) is 24.8. The number of thiocarbonyl (C=S) groups is 2. The number of nitrogens with zero attached hydrogens (tertiary/aromatic N) is 2. The zero-order valence-corrected chi connectivity index (χ0v) is 13.4. The monoisotopic (exact) mass is 352 g/mol. The summed E-state index contributed by atoms with van der Waals surface area (Å²) >= 11 is 16.8. The molecule has 0 aromatic carbocycles. The van der Waals surface area contributed by atoms with Crippen LogP contribution in [0.15, 0.2) is 0 Å². The largest absolute Gasteiger partial charge is 0.369 e. The number of amides is 2. The van der Waals surface area contributed by atoms with Gasteiger partial charge in [-0.05, 0) is 0 Å². The maximum absolute atomic E-state index is 11.8. The second kappa shape index (κ2) is 8.14. The third-order valence-electron chi connectivity index (χ3n) is 1.92. The van der Waals surface area contributed by atoms with Crippen LogP contribution in [0.4, 0.5) is 0 Å². The van der Waals surface area contributed by atoms with Gasteiger partial charge in [-0.2, -0.15) is 0 Å². The molecule has 0 saturated carbocycles. The Morgan fingerprint density at radius 1 is 0.900 bits per heavy atom. The third-order valence-corrected chi connectivity index (χ3v) is 2.68. The van der Waals surface area contributed by atoms with Gasteiger partial charge in [-0.1, -0.05) is 24.4 Å². The molecule has 0 aromatic rings. The van der Waals surface area contributed by atoms with Crippen molar-refractivity contribution in [1.29, 1.82) is 10.8 Å². The summed E-state index contributed by atoms with van der Waals surface area (Å²) in [6.45, 7) is 0. The molecule has 0 rings (SSSR count). The van der Waals surface area contributed by atoms with E-state index in [2.05, 4.69) is 49.7 Å². The highest BCUT2D eigenvalue weighted by Gasteiger charge is 2.23. The van der Waals surface area contributed by atoms with E-state index in [4.69, 9.17) is 22.3 Å². The summed E-state index contributed by atoms with van der Waals surface area (Å²) in [5.74, 6) is -2.56. The Kier molecular flexibility index (Phi) is 7.63. The van der Waals surface area contributed by atoms with E-state index in [1.807, 2.05) is 0 Å². The van der Waals surface area contributed by atoms with E-state index in [1.54, 1.807) is 0 Å². The van der Waals surface area contributed by atoms with Gasteiger partial charge in [-0.15, -0.1) is 25.3 Å². The van der Waals surface area contributed by atoms with Crippen LogP contribution in [0, 0.1) is 10.8 Å². The van der Waals surface area contributed by atoms with Crippen molar-refractivity contribution in [3.63, 3.8) is 0 Å². The van der Waals surface area contributed by atoms with Gasteiger partial charge in [0.2, 0.25) is 23.7 Å². The van der Waals surface area contributed by atoms with Gasteiger partial charge in [-0.3, -0.25) is 20.4 Å². The smallest absolute Gasteiger partial charge is 0.235 e. The maximum Gasteiger partial charge on any atom is 0.235 e. The van der Waals surface area contributed by atoms with Gasteiger partial charge in [0.05, 0.1) is 0 Å². The fourth-order valence-electron chi connectivity index (χ4n) is 1.13. The van der Waals surface area contributed by atoms with E-state index in [0.29, 0.717) is 9.80 Å². The molecule has 0 saturated heterocycles. The second-order valence-electron chi connectivity index (χ2n) is 3.29. The average molecular weight is 352 g/mol. The zero-order valence-electron chi connectivity index (χ0n) is 9.99. The molecule has 0 aliphatic rings. The van der Waals surface area contributed by atoms with E-state index in [0.717, 1.165) is 0 Å². The number of nitrogens with one attached hydrogen (secondary N) is 2. The van der Waals surface area contributed by atoms with Crippen LogP contribution < -0.4 is 11.5 Å². The first-order valence-corrected chi connectivity index (χ1v) is 6.60. The highest BCUT2D eigenvalue weighted by atomic mass is 32.1. The van der Waals surface area contributed by atoms with Crippen molar-refractivity contribution in [3.05, 3.63) is 0 Å². The minimum absolute atomic E-state index is 0.205. The van der Waals surface area contributed by atoms with Crippen LogP contribution in [0.3, 0.4) is 0 Å². The summed E-state index contributed by atoms with van der Waals surface area (Å²) < 4.78 is -0.411. The van der Waals surface area contributed by atoms with Crippen LogP contribution >= 0.6 is 49.7 Å². The number of rotatable bonds is 3. The van der Waals surface area contributed by atoms with Crippen molar-refractivity contribution >= 4 is 82.1 Å². The topological polar surface area (TPSA) is 140 Å². The molecule has 12 heteroatoms. The molecule has 8 nitrogen and oxygen atoms in total. The highest BCUT2D eigenvalue weighted by Crippen LogP contribution is 2.06. The molecule has 0 aliphatic heterocycles. The molecule has 0 spiro atoms.